The van der Waals surface area contributed by atoms with Crippen molar-refractivity contribution in [3.63, 3.8) is 0 Å². The summed E-state index contributed by atoms with van der Waals surface area (Å²) in [5.74, 6) is -0.311. The van der Waals surface area contributed by atoms with Gasteiger partial charge in [0.2, 0.25) is 6.79 Å². The van der Waals surface area contributed by atoms with Crippen LogP contribution in [0.2, 0.25) is 0 Å². The van der Waals surface area contributed by atoms with E-state index >= 15 is 0 Å². The number of nitrogens with zero attached hydrogens (tertiary/aromatic N) is 2. The van der Waals surface area contributed by atoms with Gasteiger partial charge in [0, 0.05) is 18.1 Å². The maximum Gasteiger partial charge on any atom is 0.421 e. The number of carbonyl (C=O) groups excluding carboxylic acids is 2. The molecule has 0 amide bonds. The highest BCUT2D eigenvalue weighted by atomic mass is 16.7. The summed E-state index contributed by atoms with van der Waals surface area (Å²) in [5, 5.41) is 1.04. The fraction of sp³-hybridized carbons (Fsp3) is 0.524. The summed E-state index contributed by atoms with van der Waals surface area (Å²) in [5.41, 5.74) is 1.89. The maximum atomic E-state index is 12.5. The minimum atomic E-state index is -0.529. The third-order valence-electron chi connectivity index (χ3n) is 5.14. The molecule has 1 heterocycles. The summed E-state index contributed by atoms with van der Waals surface area (Å²) in [6.45, 7) is 0.551. The van der Waals surface area contributed by atoms with E-state index in [1.807, 2.05) is 44.6 Å². The molecule has 1 fully saturated rings. The number of hydrogen-bond donors (Lipinski definition) is 0. The van der Waals surface area contributed by atoms with E-state index in [1.165, 1.54) is 11.0 Å². The fourth-order valence-corrected chi connectivity index (χ4v) is 3.61. The van der Waals surface area contributed by atoms with Crippen molar-refractivity contribution in [2.45, 2.75) is 38.5 Å². The van der Waals surface area contributed by atoms with Crippen LogP contribution in [0.1, 0.15) is 37.7 Å². The normalized spacial score (nSPS) is 15.2. The molecule has 0 N–H and O–H groups in total. The van der Waals surface area contributed by atoms with E-state index in [0.717, 1.165) is 55.1 Å². The lowest BCUT2D eigenvalue weighted by molar-refractivity contribution is -0.157. The lowest BCUT2D eigenvalue weighted by atomic mass is 9.89. The van der Waals surface area contributed by atoms with Gasteiger partial charge < -0.3 is 14.4 Å². The topological polar surface area (TPSA) is 60.8 Å². The van der Waals surface area contributed by atoms with E-state index in [1.54, 1.807) is 0 Å². The van der Waals surface area contributed by atoms with Crippen molar-refractivity contribution in [3.05, 3.63) is 36.0 Å². The monoisotopic (exact) mass is 372 g/mol. The number of esters is 1. The van der Waals surface area contributed by atoms with Crippen LogP contribution in [0.15, 0.2) is 30.5 Å². The zero-order chi connectivity index (χ0) is 19.2. The number of hydrogen-bond acceptors (Lipinski definition) is 5. The van der Waals surface area contributed by atoms with Crippen molar-refractivity contribution in [2.24, 2.45) is 5.92 Å². The molecular formula is C21H28N2O4. The number of fused-ring (bicyclic) bond motifs is 1. The van der Waals surface area contributed by atoms with Crippen molar-refractivity contribution < 1.29 is 19.1 Å². The molecule has 1 aromatic carbocycles. The number of aromatic nitrogens is 1. The van der Waals surface area contributed by atoms with E-state index in [2.05, 4.69) is 4.90 Å². The van der Waals surface area contributed by atoms with Crippen molar-refractivity contribution >= 4 is 23.0 Å². The van der Waals surface area contributed by atoms with Crippen molar-refractivity contribution in [1.82, 2.24) is 9.47 Å². The summed E-state index contributed by atoms with van der Waals surface area (Å²) >= 11 is 0. The number of ether oxygens (including phenoxy) is 2. The third kappa shape index (κ3) is 4.89. The van der Waals surface area contributed by atoms with Crippen molar-refractivity contribution in [2.75, 3.05) is 27.4 Å². The highest BCUT2D eigenvalue weighted by molar-refractivity contribution is 5.92. The predicted molar refractivity (Wildman–Crippen MR) is 104 cm³/mol. The van der Waals surface area contributed by atoms with Gasteiger partial charge in [-0.05, 0) is 45.0 Å². The average Bonchev–Trinajstić information content (AvgIpc) is 3.06. The van der Waals surface area contributed by atoms with Crippen LogP contribution in [-0.4, -0.2) is 49.0 Å². The molecule has 1 saturated carbocycles. The maximum absolute atomic E-state index is 12.5. The Morgan fingerprint density at radius 3 is 2.59 bits per heavy atom. The predicted octanol–water partition coefficient (Wildman–Crippen LogP) is 3.81. The first-order valence-corrected chi connectivity index (χ1v) is 9.63. The molecule has 1 aromatic heterocycles. The van der Waals surface area contributed by atoms with Gasteiger partial charge in [0.15, 0.2) is 0 Å². The summed E-state index contributed by atoms with van der Waals surface area (Å²) in [6.07, 6.45) is 7.15. The highest BCUT2D eigenvalue weighted by Crippen LogP contribution is 2.25. The molecule has 27 heavy (non-hydrogen) atoms. The second-order valence-electron chi connectivity index (χ2n) is 7.42. The Morgan fingerprint density at radius 2 is 1.85 bits per heavy atom. The summed E-state index contributed by atoms with van der Waals surface area (Å²) in [6, 6.07) is 7.76. The molecule has 0 unspecified atom stereocenters. The van der Waals surface area contributed by atoms with Gasteiger partial charge in [0.1, 0.15) is 0 Å². The van der Waals surface area contributed by atoms with Gasteiger partial charge in [-0.1, -0.05) is 37.5 Å². The number of para-hydroxylation sites is 1. The van der Waals surface area contributed by atoms with Gasteiger partial charge in [-0.3, -0.25) is 9.36 Å². The minimum absolute atomic E-state index is 0.0532. The van der Waals surface area contributed by atoms with Gasteiger partial charge in [-0.25, -0.2) is 4.79 Å². The lowest BCUT2D eigenvalue weighted by Gasteiger charge is -2.19. The Balaban J connectivity index is 1.62. The Hall–Kier alpha value is -2.34. The first-order valence-electron chi connectivity index (χ1n) is 9.63. The SMILES string of the molecule is CN(C)CCc1cn(C(=O)OCOC(=O)C2CCCCC2)c2ccccc12. The van der Waals surface area contributed by atoms with Crippen molar-refractivity contribution in [1.29, 1.82) is 0 Å². The van der Waals surface area contributed by atoms with Crippen LogP contribution in [0.3, 0.4) is 0 Å². The molecule has 2 aromatic rings. The number of rotatable bonds is 6. The van der Waals surface area contributed by atoms with Crippen molar-refractivity contribution in [3.8, 4) is 0 Å². The fourth-order valence-electron chi connectivity index (χ4n) is 3.61. The number of carbonyl (C=O) groups is 2. The Labute approximate surface area is 160 Å². The molecule has 0 bridgehead atoms. The molecule has 146 valence electrons. The summed E-state index contributed by atoms with van der Waals surface area (Å²) in [4.78, 5) is 26.7. The molecular weight excluding hydrogens is 344 g/mol. The Morgan fingerprint density at radius 1 is 1.11 bits per heavy atom. The molecule has 0 aliphatic heterocycles. The van der Waals surface area contributed by atoms with E-state index in [4.69, 9.17) is 9.47 Å². The van der Waals surface area contributed by atoms with E-state index in [9.17, 15) is 9.59 Å². The molecule has 0 atom stereocenters. The molecule has 1 aliphatic rings. The Kier molecular flexibility index (Phi) is 6.50. The molecule has 0 saturated heterocycles. The van der Waals surface area contributed by atoms with Gasteiger partial charge in [0.05, 0.1) is 11.4 Å². The molecule has 6 nitrogen and oxygen atoms in total. The molecule has 3 rings (SSSR count). The van der Waals surface area contributed by atoms with Crippen LogP contribution >= 0.6 is 0 Å². The number of likely N-dealkylation sites (N-methyl/N-ethyl adjacent to an activating group) is 1. The molecule has 1 aliphatic carbocycles. The van der Waals surface area contributed by atoms with Crippen LogP contribution in [-0.2, 0) is 20.7 Å². The van der Waals surface area contributed by atoms with Crippen LogP contribution in [0.25, 0.3) is 10.9 Å². The largest absolute Gasteiger partial charge is 0.428 e. The second kappa shape index (κ2) is 9.04. The van der Waals surface area contributed by atoms with E-state index < -0.39 is 6.09 Å². The standard InChI is InChI=1S/C21H28N2O4/c1-22(2)13-12-17-14-23(19-11-7-6-10-18(17)19)21(25)27-15-26-20(24)16-8-4-3-5-9-16/h6-7,10-11,14,16H,3-5,8-9,12-13,15H2,1-2H3. The first kappa shape index (κ1) is 19.4. The van der Waals surface area contributed by atoms with Gasteiger partial charge in [-0.2, -0.15) is 0 Å². The summed E-state index contributed by atoms with van der Waals surface area (Å²) in [7, 11) is 4.04. The minimum Gasteiger partial charge on any atom is -0.428 e. The molecule has 6 heteroatoms. The highest BCUT2D eigenvalue weighted by Gasteiger charge is 2.23. The van der Waals surface area contributed by atoms with Gasteiger partial charge >= 0.3 is 12.1 Å². The molecule has 0 radical (unpaired) electrons. The molecule has 0 spiro atoms. The van der Waals surface area contributed by atoms with Gasteiger partial charge in [-0.15, -0.1) is 0 Å². The first-order chi connectivity index (χ1) is 13.1. The van der Waals surface area contributed by atoms with Crippen LogP contribution in [0, 0.1) is 5.92 Å². The number of benzene rings is 1. The van der Waals surface area contributed by atoms with Crippen LogP contribution in [0.4, 0.5) is 4.79 Å². The third-order valence-corrected chi connectivity index (χ3v) is 5.14. The zero-order valence-corrected chi connectivity index (χ0v) is 16.1. The smallest absolute Gasteiger partial charge is 0.421 e. The summed E-state index contributed by atoms with van der Waals surface area (Å²) < 4.78 is 11.9. The average molecular weight is 372 g/mol. The second-order valence-corrected chi connectivity index (χ2v) is 7.42. The van der Waals surface area contributed by atoms with Crippen LogP contribution < -0.4 is 0 Å². The van der Waals surface area contributed by atoms with Crippen LogP contribution in [0.5, 0.6) is 0 Å². The lowest BCUT2D eigenvalue weighted by Crippen LogP contribution is -2.23. The van der Waals surface area contributed by atoms with Gasteiger partial charge in [0.25, 0.3) is 0 Å². The zero-order valence-electron chi connectivity index (χ0n) is 16.1. The van der Waals surface area contributed by atoms with E-state index in [-0.39, 0.29) is 18.7 Å². The Bertz CT molecular complexity index is 791. The van der Waals surface area contributed by atoms with E-state index in [0.29, 0.717) is 0 Å². The quantitative estimate of drug-likeness (QED) is 0.570.